The third-order valence-electron chi connectivity index (χ3n) is 2.46. The van der Waals surface area contributed by atoms with Crippen LogP contribution in [0.4, 0.5) is 0 Å². The van der Waals surface area contributed by atoms with Crippen molar-refractivity contribution in [1.29, 1.82) is 0 Å². The Morgan fingerprint density at radius 3 is 2.12 bits per heavy atom. The minimum Gasteiger partial charge on any atom is -0.508 e. The third kappa shape index (κ3) is 3.48. The molecule has 96 valence electrons. The molecule has 3 heteroatoms. The Kier molecular flexibility index (Phi) is 4.75. The van der Waals surface area contributed by atoms with Crippen LogP contribution in [0.5, 0.6) is 5.75 Å². The number of rotatable bonds is 1. The van der Waals surface area contributed by atoms with Crippen molar-refractivity contribution in [3.8, 4) is 5.75 Å². The van der Waals surface area contributed by atoms with Crippen LogP contribution >= 0.6 is 0 Å². The molecule has 0 radical (unpaired) electrons. The van der Waals surface area contributed by atoms with Crippen molar-refractivity contribution < 1.29 is 9.90 Å². The molecule has 1 amide bonds. The Morgan fingerprint density at radius 2 is 1.76 bits per heavy atom. The molecule has 1 N–H and O–H groups in total. The molecule has 0 bridgehead atoms. The first-order valence-electron chi connectivity index (χ1n) is 5.28. The fourth-order valence-electron chi connectivity index (χ4n) is 1.56. The Balaban J connectivity index is 0.00000256. The highest BCUT2D eigenvalue weighted by Crippen LogP contribution is 2.31. The zero-order valence-corrected chi connectivity index (χ0v) is 10.5. The van der Waals surface area contributed by atoms with Gasteiger partial charge < -0.3 is 10.0 Å². The molecule has 17 heavy (non-hydrogen) atoms. The summed E-state index contributed by atoms with van der Waals surface area (Å²) in [6.45, 7) is 6.07. The molecule has 0 saturated carbocycles. The molecule has 3 nitrogen and oxygen atoms in total. The van der Waals surface area contributed by atoms with E-state index in [0.29, 0.717) is 5.56 Å². The summed E-state index contributed by atoms with van der Waals surface area (Å²) in [6, 6.07) is 5.09. The summed E-state index contributed by atoms with van der Waals surface area (Å²) in [4.78, 5) is 13.2. The summed E-state index contributed by atoms with van der Waals surface area (Å²) >= 11 is 0. The molecule has 0 aromatic heterocycles. The first-order valence-corrected chi connectivity index (χ1v) is 5.28. The monoisotopic (exact) mass is 237 g/mol. The van der Waals surface area contributed by atoms with Crippen LogP contribution < -0.4 is 0 Å². The second-order valence-electron chi connectivity index (χ2n) is 5.18. The molecule has 0 unspecified atom stereocenters. The van der Waals surface area contributed by atoms with Gasteiger partial charge in [0.05, 0.1) is 0 Å². The maximum atomic E-state index is 11.7. The zero-order chi connectivity index (χ0) is 12.5. The van der Waals surface area contributed by atoms with E-state index in [-0.39, 0.29) is 24.5 Å². The largest absolute Gasteiger partial charge is 0.508 e. The molecular formula is C14H23NO2. The van der Waals surface area contributed by atoms with Gasteiger partial charge >= 0.3 is 0 Å². The molecular weight excluding hydrogens is 214 g/mol. The topological polar surface area (TPSA) is 40.5 Å². The van der Waals surface area contributed by atoms with Gasteiger partial charge in [-0.05, 0) is 23.1 Å². The summed E-state index contributed by atoms with van der Waals surface area (Å²) in [5.41, 5.74) is 1.24. The average molecular weight is 237 g/mol. The van der Waals surface area contributed by atoms with Crippen LogP contribution in [0.15, 0.2) is 18.2 Å². The van der Waals surface area contributed by atoms with Gasteiger partial charge in [0.2, 0.25) is 0 Å². The van der Waals surface area contributed by atoms with E-state index in [1.165, 1.54) is 11.0 Å². The Labute approximate surface area is 104 Å². The molecule has 1 rings (SSSR count). The van der Waals surface area contributed by atoms with Crippen LogP contribution in [0.1, 0.15) is 44.1 Å². The highest BCUT2D eigenvalue weighted by Gasteiger charge is 2.19. The second-order valence-corrected chi connectivity index (χ2v) is 5.18. The van der Waals surface area contributed by atoms with Gasteiger partial charge in [-0.2, -0.15) is 0 Å². The predicted octanol–water partition coefficient (Wildman–Crippen LogP) is 3.03. The normalized spacial score (nSPS) is 10.6. The van der Waals surface area contributed by atoms with Crippen LogP contribution in [0.2, 0.25) is 0 Å². The van der Waals surface area contributed by atoms with Crippen molar-refractivity contribution in [2.45, 2.75) is 33.6 Å². The van der Waals surface area contributed by atoms with Gasteiger partial charge in [-0.15, -0.1) is 0 Å². The number of hydrogen-bond acceptors (Lipinski definition) is 2. The van der Waals surface area contributed by atoms with Crippen molar-refractivity contribution in [3.05, 3.63) is 29.3 Å². The molecule has 1 aromatic rings. The van der Waals surface area contributed by atoms with Gasteiger partial charge in [-0.1, -0.05) is 34.3 Å². The van der Waals surface area contributed by atoms with E-state index < -0.39 is 0 Å². The van der Waals surface area contributed by atoms with Crippen LogP contribution in [0.3, 0.4) is 0 Å². The van der Waals surface area contributed by atoms with Gasteiger partial charge in [0.15, 0.2) is 0 Å². The number of aromatic hydroxyl groups is 1. The summed E-state index contributed by atoms with van der Waals surface area (Å²) in [5, 5.41) is 9.89. The van der Waals surface area contributed by atoms with Crippen molar-refractivity contribution in [2.75, 3.05) is 14.1 Å². The van der Waals surface area contributed by atoms with E-state index in [9.17, 15) is 9.90 Å². The van der Waals surface area contributed by atoms with E-state index in [0.717, 1.165) is 5.56 Å². The van der Waals surface area contributed by atoms with Crippen LogP contribution in [-0.2, 0) is 5.41 Å². The molecule has 0 heterocycles. The molecule has 1 aromatic carbocycles. The third-order valence-corrected chi connectivity index (χ3v) is 2.46. The maximum absolute atomic E-state index is 11.7. The Bertz CT molecular complexity index is 403. The van der Waals surface area contributed by atoms with Crippen molar-refractivity contribution >= 4 is 5.91 Å². The maximum Gasteiger partial charge on any atom is 0.253 e. The number of amides is 1. The van der Waals surface area contributed by atoms with E-state index in [2.05, 4.69) is 0 Å². The van der Waals surface area contributed by atoms with Crippen LogP contribution in [-0.4, -0.2) is 30.0 Å². The molecule has 0 fully saturated rings. The Hall–Kier alpha value is -1.51. The van der Waals surface area contributed by atoms with E-state index in [1.54, 1.807) is 20.2 Å². The first kappa shape index (κ1) is 15.5. The van der Waals surface area contributed by atoms with Gasteiger partial charge in [-0.25, -0.2) is 0 Å². The lowest BCUT2D eigenvalue weighted by Crippen LogP contribution is -2.22. The lowest BCUT2D eigenvalue weighted by atomic mass is 9.86. The number of hydrogen-bond donors (Lipinski definition) is 1. The molecule has 0 aliphatic rings. The minimum atomic E-state index is -0.121. The Morgan fingerprint density at radius 1 is 1.24 bits per heavy atom. The smallest absolute Gasteiger partial charge is 0.253 e. The van der Waals surface area contributed by atoms with E-state index in [4.69, 9.17) is 0 Å². The average Bonchev–Trinajstić information content (AvgIpc) is 2.14. The van der Waals surface area contributed by atoms with Crippen molar-refractivity contribution in [1.82, 2.24) is 4.90 Å². The lowest BCUT2D eigenvalue weighted by Gasteiger charge is -2.21. The summed E-state index contributed by atoms with van der Waals surface area (Å²) in [7, 11) is 3.38. The van der Waals surface area contributed by atoms with Gasteiger partial charge in [-0.3, -0.25) is 4.79 Å². The van der Waals surface area contributed by atoms with Crippen LogP contribution in [0.25, 0.3) is 0 Å². The number of carbonyl (C=O) groups is 1. The predicted molar refractivity (Wildman–Crippen MR) is 71.6 cm³/mol. The van der Waals surface area contributed by atoms with Gasteiger partial charge in [0.25, 0.3) is 5.91 Å². The fourth-order valence-corrected chi connectivity index (χ4v) is 1.56. The lowest BCUT2D eigenvalue weighted by molar-refractivity contribution is 0.0827. The van der Waals surface area contributed by atoms with Crippen molar-refractivity contribution in [2.24, 2.45) is 0 Å². The number of phenols is 1. The molecule has 0 aliphatic carbocycles. The molecule has 0 spiro atoms. The van der Waals surface area contributed by atoms with Crippen molar-refractivity contribution in [3.63, 3.8) is 0 Å². The zero-order valence-electron chi connectivity index (χ0n) is 10.5. The number of benzene rings is 1. The van der Waals surface area contributed by atoms with E-state index in [1.807, 2.05) is 26.8 Å². The molecule has 0 aliphatic heterocycles. The number of phenolic OH excluding ortho intramolecular Hbond substituents is 1. The highest BCUT2D eigenvalue weighted by atomic mass is 16.3. The first-order chi connectivity index (χ1) is 7.23. The molecule has 0 saturated heterocycles. The quantitative estimate of drug-likeness (QED) is 0.815. The number of nitrogens with zero attached hydrogens (tertiary/aromatic N) is 1. The summed E-state index contributed by atoms with van der Waals surface area (Å²) < 4.78 is 0. The SMILES string of the molecule is C.CN(C)C(=O)c1ccc(C(C)(C)C)c(O)c1. The van der Waals surface area contributed by atoms with E-state index >= 15 is 0 Å². The molecule has 0 atom stereocenters. The summed E-state index contributed by atoms with van der Waals surface area (Å²) in [6.07, 6.45) is 0. The summed E-state index contributed by atoms with van der Waals surface area (Å²) in [5.74, 6) is 0.0796. The van der Waals surface area contributed by atoms with Gasteiger partial charge in [0, 0.05) is 19.7 Å². The standard InChI is InChI=1S/C13H19NO2.CH4/c1-13(2,3)10-7-6-9(8-11(10)15)12(16)14(4)5;/h6-8,15H,1-5H3;1H4. The highest BCUT2D eigenvalue weighted by molar-refractivity contribution is 5.94. The fraction of sp³-hybridized carbons (Fsp3) is 0.500. The second kappa shape index (κ2) is 5.21. The minimum absolute atomic E-state index is 0. The van der Waals surface area contributed by atoms with Gasteiger partial charge in [0.1, 0.15) is 5.75 Å². The van der Waals surface area contributed by atoms with Crippen LogP contribution in [0, 0.1) is 0 Å². The number of carbonyl (C=O) groups excluding carboxylic acids is 1.